The summed E-state index contributed by atoms with van der Waals surface area (Å²) < 4.78 is 28.0. The van der Waals surface area contributed by atoms with Crippen LogP contribution in [0.2, 0.25) is 0 Å². The quantitative estimate of drug-likeness (QED) is 0.232. The molecule has 3 rings (SSSR count). The summed E-state index contributed by atoms with van der Waals surface area (Å²) in [5, 5.41) is 17.8. The second-order valence-electron chi connectivity index (χ2n) is 8.75. The Morgan fingerprint density at radius 3 is 2.20 bits per heavy atom. The number of aliphatic carboxylic acids is 2. The maximum Gasteiger partial charge on any atom is 0.414 e. The summed E-state index contributed by atoms with van der Waals surface area (Å²) >= 11 is 0. The van der Waals surface area contributed by atoms with E-state index in [4.69, 9.17) is 34.0 Å². The molecule has 2 aromatic carbocycles. The molecule has 220 valence electrons. The number of amides is 1. The molecule has 2 aromatic rings. The van der Waals surface area contributed by atoms with Gasteiger partial charge in [-0.25, -0.2) is 14.0 Å². The minimum atomic E-state index is -1.82. The van der Waals surface area contributed by atoms with E-state index in [2.05, 4.69) is 27.2 Å². The smallest absolute Gasteiger partial charge is 0.414 e. The molecule has 1 heterocycles. The van der Waals surface area contributed by atoms with Crippen molar-refractivity contribution in [3.05, 3.63) is 54.1 Å². The topological polar surface area (TPSA) is 138 Å². The first kappa shape index (κ1) is 32.3. The standard InChI is InChI=1S/C26H36FN3O4.C2H2O4/c1-32-25-7-3-2-6-24(25)30-17-15-29(16-18-30)14-5-4-13-28-26(31)22-8-10-23(11-9-22)34-21-20-33-19-12-27;3-1(4)2(5)6/h2-3,6-11H,4-5,12-21H2,1H3,(H,28,31);(H,3,4)(H,5,6). The molecule has 1 amide bonds. The third kappa shape index (κ3) is 11.9. The van der Waals surface area contributed by atoms with Crippen molar-refractivity contribution in [1.82, 2.24) is 10.2 Å². The Kier molecular flexibility index (Phi) is 14.9. The molecule has 0 aliphatic carbocycles. The fourth-order valence-electron chi connectivity index (χ4n) is 3.95. The van der Waals surface area contributed by atoms with Gasteiger partial charge in [0.15, 0.2) is 0 Å². The van der Waals surface area contributed by atoms with Gasteiger partial charge in [-0.05, 0) is 55.8 Å². The number of alkyl halides is 1. The number of ether oxygens (including phenoxy) is 3. The van der Waals surface area contributed by atoms with E-state index in [0.29, 0.717) is 31.1 Å². The Morgan fingerprint density at radius 1 is 0.900 bits per heavy atom. The van der Waals surface area contributed by atoms with Gasteiger partial charge in [0.25, 0.3) is 5.91 Å². The normalized spacial score (nSPS) is 13.1. The number of nitrogens with one attached hydrogen (secondary N) is 1. The zero-order chi connectivity index (χ0) is 29.2. The van der Waals surface area contributed by atoms with Gasteiger partial charge in [0, 0.05) is 38.3 Å². The summed E-state index contributed by atoms with van der Waals surface area (Å²) in [6.45, 7) is 6.00. The SMILES string of the molecule is COc1ccccc1N1CCN(CCCCNC(=O)c2ccc(OCCOCCF)cc2)CC1.O=C(O)C(=O)O. The molecule has 1 aliphatic heterocycles. The molecule has 0 radical (unpaired) electrons. The highest BCUT2D eigenvalue weighted by Crippen LogP contribution is 2.28. The van der Waals surface area contributed by atoms with Crippen molar-refractivity contribution in [2.24, 2.45) is 0 Å². The number of nitrogens with zero attached hydrogens (tertiary/aromatic N) is 2. The minimum absolute atomic E-state index is 0.0803. The van der Waals surface area contributed by atoms with Crippen molar-refractivity contribution >= 4 is 23.5 Å². The first-order valence-electron chi connectivity index (χ1n) is 13.1. The van der Waals surface area contributed by atoms with Crippen molar-refractivity contribution in [1.29, 1.82) is 0 Å². The Morgan fingerprint density at radius 2 is 1.57 bits per heavy atom. The van der Waals surface area contributed by atoms with E-state index in [1.165, 1.54) is 0 Å². The third-order valence-corrected chi connectivity index (χ3v) is 6.00. The van der Waals surface area contributed by atoms with Gasteiger partial charge >= 0.3 is 11.9 Å². The van der Waals surface area contributed by atoms with Gasteiger partial charge < -0.3 is 34.6 Å². The molecule has 11 nitrogen and oxygen atoms in total. The van der Waals surface area contributed by atoms with Gasteiger partial charge in [-0.2, -0.15) is 0 Å². The van der Waals surface area contributed by atoms with Gasteiger partial charge in [-0.15, -0.1) is 0 Å². The average Bonchev–Trinajstić information content (AvgIpc) is 2.97. The fourth-order valence-corrected chi connectivity index (χ4v) is 3.95. The van der Waals surface area contributed by atoms with Crippen molar-refractivity contribution in [2.45, 2.75) is 12.8 Å². The number of unbranched alkanes of at least 4 members (excludes halogenated alkanes) is 1. The molecule has 0 aromatic heterocycles. The van der Waals surface area contributed by atoms with Crippen molar-refractivity contribution < 1.29 is 43.2 Å². The van der Waals surface area contributed by atoms with Crippen LogP contribution in [0.3, 0.4) is 0 Å². The van der Waals surface area contributed by atoms with E-state index in [0.717, 1.165) is 57.0 Å². The Hall–Kier alpha value is -3.90. The van der Waals surface area contributed by atoms with Crippen LogP contribution in [0, 0.1) is 0 Å². The molecule has 3 N–H and O–H groups in total. The number of hydrogen-bond donors (Lipinski definition) is 3. The molecule has 12 heteroatoms. The number of methoxy groups -OCH3 is 1. The summed E-state index contributed by atoms with van der Waals surface area (Å²) in [5.74, 6) is -2.15. The molecular weight excluding hydrogens is 525 g/mol. The van der Waals surface area contributed by atoms with Gasteiger partial charge in [0.05, 0.1) is 26.0 Å². The predicted molar refractivity (Wildman–Crippen MR) is 147 cm³/mol. The molecule has 40 heavy (non-hydrogen) atoms. The number of carbonyl (C=O) groups excluding carboxylic acids is 1. The van der Waals surface area contributed by atoms with Crippen molar-refractivity contribution in [2.75, 3.05) is 77.8 Å². The first-order chi connectivity index (χ1) is 19.3. The molecule has 1 saturated heterocycles. The summed E-state index contributed by atoms with van der Waals surface area (Å²) in [7, 11) is 1.72. The monoisotopic (exact) mass is 563 g/mol. The number of halogens is 1. The largest absolute Gasteiger partial charge is 0.495 e. The van der Waals surface area contributed by atoms with Crippen LogP contribution >= 0.6 is 0 Å². The summed E-state index contributed by atoms with van der Waals surface area (Å²) in [4.78, 5) is 35.4. The molecular formula is C28H38FN3O8. The van der Waals surface area contributed by atoms with Gasteiger partial charge in [0.2, 0.25) is 0 Å². The number of carboxylic acid groups (broad SMARTS) is 2. The van der Waals surface area contributed by atoms with E-state index in [1.807, 2.05) is 12.1 Å². The lowest BCUT2D eigenvalue weighted by atomic mass is 10.2. The Bertz CT molecular complexity index is 1030. The third-order valence-electron chi connectivity index (χ3n) is 6.00. The molecule has 0 bridgehead atoms. The molecule has 0 saturated carbocycles. The molecule has 1 aliphatic rings. The number of carboxylic acids is 2. The number of rotatable bonds is 14. The number of benzene rings is 2. The van der Waals surface area contributed by atoms with Crippen LogP contribution in [0.5, 0.6) is 11.5 Å². The molecule has 0 spiro atoms. The molecule has 1 fully saturated rings. The van der Waals surface area contributed by atoms with Gasteiger partial charge in [-0.3, -0.25) is 9.69 Å². The van der Waals surface area contributed by atoms with Crippen LogP contribution in [0.1, 0.15) is 23.2 Å². The molecule has 0 unspecified atom stereocenters. The van der Waals surface area contributed by atoms with Crippen LogP contribution in [0.25, 0.3) is 0 Å². The number of anilines is 1. The second-order valence-corrected chi connectivity index (χ2v) is 8.75. The maximum absolute atomic E-state index is 12.3. The van der Waals surface area contributed by atoms with Gasteiger partial charge in [0.1, 0.15) is 24.8 Å². The van der Waals surface area contributed by atoms with E-state index in [9.17, 15) is 9.18 Å². The minimum Gasteiger partial charge on any atom is -0.495 e. The van der Waals surface area contributed by atoms with E-state index in [-0.39, 0.29) is 12.5 Å². The number of hydrogen-bond acceptors (Lipinski definition) is 8. The zero-order valence-electron chi connectivity index (χ0n) is 22.7. The zero-order valence-corrected chi connectivity index (χ0v) is 22.7. The van der Waals surface area contributed by atoms with E-state index in [1.54, 1.807) is 31.4 Å². The second kappa shape index (κ2) is 18.4. The van der Waals surface area contributed by atoms with Crippen molar-refractivity contribution in [3.63, 3.8) is 0 Å². The van der Waals surface area contributed by atoms with E-state index < -0.39 is 18.6 Å². The summed E-state index contributed by atoms with van der Waals surface area (Å²) in [6.07, 6.45) is 1.99. The predicted octanol–water partition coefficient (Wildman–Crippen LogP) is 2.55. The number of piperazine rings is 1. The van der Waals surface area contributed by atoms with E-state index >= 15 is 0 Å². The van der Waals surface area contributed by atoms with Crippen LogP contribution < -0.4 is 19.7 Å². The highest BCUT2D eigenvalue weighted by molar-refractivity contribution is 6.27. The van der Waals surface area contributed by atoms with Crippen LogP contribution in [0.4, 0.5) is 10.1 Å². The molecule has 0 atom stereocenters. The maximum atomic E-state index is 12.3. The van der Waals surface area contributed by atoms with Crippen molar-refractivity contribution in [3.8, 4) is 11.5 Å². The lowest BCUT2D eigenvalue weighted by molar-refractivity contribution is -0.159. The van der Waals surface area contributed by atoms with Crippen LogP contribution in [-0.2, 0) is 14.3 Å². The highest BCUT2D eigenvalue weighted by atomic mass is 19.1. The number of para-hydroxylation sites is 2. The fraction of sp³-hybridized carbons (Fsp3) is 0.464. The first-order valence-corrected chi connectivity index (χ1v) is 13.1. The lowest BCUT2D eigenvalue weighted by Gasteiger charge is -2.36. The Balaban J connectivity index is 0.000000840. The average molecular weight is 564 g/mol. The van der Waals surface area contributed by atoms with Crippen LogP contribution in [0.15, 0.2) is 48.5 Å². The number of carbonyl (C=O) groups is 3. The highest BCUT2D eigenvalue weighted by Gasteiger charge is 2.19. The van der Waals surface area contributed by atoms with Crippen LogP contribution in [-0.4, -0.2) is 106 Å². The summed E-state index contributed by atoms with van der Waals surface area (Å²) in [5.41, 5.74) is 1.77. The Labute approximate surface area is 233 Å². The summed E-state index contributed by atoms with van der Waals surface area (Å²) in [6, 6.07) is 15.2. The van der Waals surface area contributed by atoms with Gasteiger partial charge in [-0.1, -0.05) is 12.1 Å². The lowest BCUT2D eigenvalue weighted by Crippen LogP contribution is -2.46.